The van der Waals surface area contributed by atoms with Crippen molar-refractivity contribution in [1.82, 2.24) is 4.98 Å². The van der Waals surface area contributed by atoms with Crippen LogP contribution >= 0.6 is 11.3 Å². The van der Waals surface area contributed by atoms with Crippen molar-refractivity contribution < 1.29 is 14.6 Å². The molecule has 164 valence electrons. The fraction of sp³-hybridized carbons (Fsp3) is 0.269. The van der Waals surface area contributed by atoms with Gasteiger partial charge in [-0.05, 0) is 67.7 Å². The predicted octanol–water partition coefficient (Wildman–Crippen LogP) is 6.58. The van der Waals surface area contributed by atoms with Gasteiger partial charge in [0.1, 0.15) is 16.8 Å². The number of benzene rings is 2. The minimum Gasteiger partial charge on any atom is -0.490 e. The lowest BCUT2D eigenvalue weighted by Gasteiger charge is -2.11. The molecule has 0 spiro atoms. The lowest BCUT2D eigenvalue weighted by atomic mass is 9.96. The van der Waals surface area contributed by atoms with Gasteiger partial charge in [0.15, 0.2) is 0 Å². The molecule has 6 heteroatoms. The van der Waals surface area contributed by atoms with Gasteiger partial charge in [-0.1, -0.05) is 32.0 Å². The predicted molar refractivity (Wildman–Crippen MR) is 129 cm³/mol. The molecule has 0 saturated heterocycles. The van der Waals surface area contributed by atoms with Crippen LogP contribution in [0.2, 0.25) is 0 Å². The molecule has 5 nitrogen and oxygen atoms in total. The molecule has 1 heterocycles. The standard InChI is InChI=1S/C26H26N2O3S/c1-5-17(26(29)30)12-18-8-7-9-22(21(18)6-2)24-15-28-25(32-24)19-10-11-23(31-16(3)4)20(13-19)14-27/h7-13,15-16H,5-6H2,1-4H3,(H,29,30). The van der Waals surface area contributed by atoms with Crippen molar-refractivity contribution in [3.63, 3.8) is 0 Å². The fourth-order valence-electron chi connectivity index (χ4n) is 3.51. The van der Waals surface area contributed by atoms with Crippen LogP contribution in [-0.2, 0) is 11.2 Å². The molecule has 0 aliphatic rings. The maximum absolute atomic E-state index is 11.5. The number of aromatic nitrogens is 1. The van der Waals surface area contributed by atoms with Crippen molar-refractivity contribution in [1.29, 1.82) is 5.26 Å². The van der Waals surface area contributed by atoms with E-state index in [1.165, 1.54) is 0 Å². The SMILES string of the molecule is CCC(=Cc1cccc(-c2cnc(-c3ccc(OC(C)C)c(C#N)c3)s2)c1CC)C(=O)O. The van der Waals surface area contributed by atoms with E-state index in [0.29, 0.717) is 23.3 Å². The summed E-state index contributed by atoms with van der Waals surface area (Å²) in [4.78, 5) is 17.1. The molecule has 32 heavy (non-hydrogen) atoms. The van der Waals surface area contributed by atoms with E-state index >= 15 is 0 Å². The van der Waals surface area contributed by atoms with Crippen molar-refractivity contribution in [2.45, 2.75) is 46.6 Å². The van der Waals surface area contributed by atoms with Crippen molar-refractivity contribution in [2.75, 3.05) is 0 Å². The number of carbonyl (C=O) groups is 1. The van der Waals surface area contributed by atoms with E-state index < -0.39 is 5.97 Å². The minimum atomic E-state index is -0.891. The van der Waals surface area contributed by atoms with Crippen molar-refractivity contribution in [3.8, 4) is 32.8 Å². The van der Waals surface area contributed by atoms with Gasteiger partial charge >= 0.3 is 5.97 Å². The van der Waals surface area contributed by atoms with Gasteiger partial charge in [0, 0.05) is 17.3 Å². The summed E-state index contributed by atoms with van der Waals surface area (Å²) in [7, 11) is 0. The number of ether oxygens (including phenoxy) is 1. The summed E-state index contributed by atoms with van der Waals surface area (Å²) in [6.07, 6.45) is 4.82. The van der Waals surface area contributed by atoms with E-state index in [0.717, 1.165) is 38.6 Å². The largest absolute Gasteiger partial charge is 0.490 e. The van der Waals surface area contributed by atoms with Crippen LogP contribution in [0.5, 0.6) is 5.75 Å². The smallest absolute Gasteiger partial charge is 0.331 e. The lowest BCUT2D eigenvalue weighted by Crippen LogP contribution is -2.06. The number of carboxylic acids is 1. The van der Waals surface area contributed by atoms with Crippen LogP contribution in [0.1, 0.15) is 50.8 Å². The van der Waals surface area contributed by atoms with Crippen molar-refractivity contribution in [3.05, 3.63) is 64.9 Å². The zero-order chi connectivity index (χ0) is 23.3. The third kappa shape index (κ3) is 5.06. The Labute approximate surface area is 192 Å². The molecule has 0 unspecified atom stereocenters. The molecule has 1 aromatic heterocycles. The molecule has 0 amide bonds. The Kier molecular flexibility index (Phi) is 7.45. The number of carboxylic acid groups (broad SMARTS) is 1. The number of rotatable bonds is 8. The number of aliphatic carboxylic acids is 1. The van der Waals surface area contributed by atoms with E-state index in [1.807, 2.05) is 57.3 Å². The minimum absolute atomic E-state index is 0.0115. The monoisotopic (exact) mass is 446 g/mol. The average molecular weight is 447 g/mol. The Bertz CT molecular complexity index is 1200. The second kappa shape index (κ2) is 10.3. The van der Waals surface area contributed by atoms with Crippen LogP contribution in [-0.4, -0.2) is 22.2 Å². The highest BCUT2D eigenvalue weighted by Crippen LogP contribution is 2.37. The van der Waals surface area contributed by atoms with Crippen LogP contribution < -0.4 is 4.74 Å². The fourth-order valence-corrected chi connectivity index (χ4v) is 4.47. The van der Waals surface area contributed by atoms with Gasteiger partial charge in [-0.2, -0.15) is 5.26 Å². The van der Waals surface area contributed by atoms with Crippen LogP contribution in [0, 0.1) is 11.3 Å². The van der Waals surface area contributed by atoms with Gasteiger partial charge in [-0.3, -0.25) is 0 Å². The van der Waals surface area contributed by atoms with Crippen LogP contribution in [0.15, 0.2) is 48.2 Å². The topological polar surface area (TPSA) is 83.2 Å². The Morgan fingerprint density at radius 1 is 1.28 bits per heavy atom. The Morgan fingerprint density at radius 2 is 2.06 bits per heavy atom. The molecule has 2 aromatic carbocycles. The van der Waals surface area contributed by atoms with E-state index in [1.54, 1.807) is 23.5 Å². The number of hydrogen-bond donors (Lipinski definition) is 1. The van der Waals surface area contributed by atoms with Gasteiger partial charge in [-0.15, -0.1) is 11.3 Å². The Hall–Kier alpha value is -3.43. The molecule has 1 N–H and O–H groups in total. The summed E-state index contributed by atoms with van der Waals surface area (Å²) in [6, 6.07) is 13.7. The summed E-state index contributed by atoms with van der Waals surface area (Å²) in [5.41, 5.74) is 4.78. The molecule has 0 atom stereocenters. The van der Waals surface area contributed by atoms with Gasteiger partial charge < -0.3 is 9.84 Å². The second-order valence-corrected chi connectivity index (χ2v) is 8.60. The lowest BCUT2D eigenvalue weighted by molar-refractivity contribution is -0.132. The highest BCUT2D eigenvalue weighted by molar-refractivity contribution is 7.18. The van der Waals surface area contributed by atoms with Crippen LogP contribution in [0.25, 0.3) is 27.1 Å². The summed E-state index contributed by atoms with van der Waals surface area (Å²) < 4.78 is 5.72. The molecule has 0 aliphatic heterocycles. The van der Waals surface area contributed by atoms with Crippen LogP contribution in [0.4, 0.5) is 0 Å². The Balaban J connectivity index is 2.01. The molecule has 0 bridgehead atoms. The van der Waals surface area contributed by atoms with E-state index in [4.69, 9.17) is 4.74 Å². The van der Waals surface area contributed by atoms with E-state index in [2.05, 4.69) is 18.0 Å². The first kappa shape index (κ1) is 23.2. The molecular weight excluding hydrogens is 420 g/mol. The summed E-state index contributed by atoms with van der Waals surface area (Å²) in [5.74, 6) is -0.320. The number of hydrogen-bond acceptors (Lipinski definition) is 5. The second-order valence-electron chi connectivity index (χ2n) is 7.57. The third-order valence-electron chi connectivity index (χ3n) is 5.03. The first-order chi connectivity index (χ1) is 15.4. The molecule has 0 fully saturated rings. The summed E-state index contributed by atoms with van der Waals surface area (Å²) in [6.45, 7) is 7.77. The van der Waals surface area contributed by atoms with Crippen molar-refractivity contribution >= 4 is 23.4 Å². The average Bonchev–Trinajstić information content (AvgIpc) is 3.27. The van der Waals surface area contributed by atoms with Gasteiger partial charge in [0.05, 0.1) is 16.5 Å². The molecule has 3 aromatic rings. The van der Waals surface area contributed by atoms with E-state index in [9.17, 15) is 15.2 Å². The number of nitriles is 1. The van der Waals surface area contributed by atoms with Gasteiger partial charge in [-0.25, -0.2) is 9.78 Å². The van der Waals surface area contributed by atoms with Crippen molar-refractivity contribution in [2.24, 2.45) is 0 Å². The van der Waals surface area contributed by atoms with E-state index in [-0.39, 0.29) is 6.10 Å². The first-order valence-corrected chi connectivity index (χ1v) is 11.4. The molecule has 0 radical (unpaired) electrons. The number of thiazole rings is 1. The quantitative estimate of drug-likeness (QED) is 0.395. The zero-order valence-corrected chi connectivity index (χ0v) is 19.5. The first-order valence-electron chi connectivity index (χ1n) is 10.6. The molecule has 0 aliphatic carbocycles. The highest BCUT2D eigenvalue weighted by atomic mass is 32.1. The maximum atomic E-state index is 11.5. The molecule has 3 rings (SSSR count). The van der Waals surface area contributed by atoms with Crippen LogP contribution in [0.3, 0.4) is 0 Å². The van der Waals surface area contributed by atoms with Gasteiger partial charge in [0.2, 0.25) is 0 Å². The van der Waals surface area contributed by atoms with Gasteiger partial charge in [0.25, 0.3) is 0 Å². The third-order valence-corrected chi connectivity index (χ3v) is 6.11. The molecular formula is C26H26N2O3S. The zero-order valence-electron chi connectivity index (χ0n) is 18.7. The molecule has 0 saturated carbocycles. The summed E-state index contributed by atoms with van der Waals surface area (Å²) in [5, 5.41) is 19.8. The highest BCUT2D eigenvalue weighted by Gasteiger charge is 2.15. The Morgan fingerprint density at radius 3 is 2.69 bits per heavy atom. The number of nitrogens with zero attached hydrogens (tertiary/aromatic N) is 2. The normalized spacial score (nSPS) is 11.4. The maximum Gasteiger partial charge on any atom is 0.331 e. The summed E-state index contributed by atoms with van der Waals surface area (Å²) >= 11 is 1.55.